The fourth-order valence-corrected chi connectivity index (χ4v) is 4.37. The molecule has 0 atom stereocenters. The molecule has 1 saturated heterocycles. The van der Waals surface area contributed by atoms with Gasteiger partial charge in [0.05, 0.1) is 17.6 Å². The molecular formula is C26H32FN5O3. The normalized spacial score (nSPS) is 17.5. The summed E-state index contributed by atoms with van der Waals surface area (Å²) in [7, 11) is 2.10. The van der Waals surface area contributed by atoms with Crippen molar-refractivity contribution in [2.45, 2.75) is 64.1 Å². The molecule has 2 aliphatic rings. The number of imidazole rings is 1. The summed E-state index contributed by atoms with van der Waals surface area (Å²) in [6.45, 7) is 7.29. The Labute approximate surface area is 204 Å². The minimum Gasteiger partial charge on any atom is -0.473 e. The van der Waals surface area contributed by atoms with E-state index in [1.807, 2.05) is 6.20 Å². The number of carbonyl (C=O) groups is 1. The molecule has 0 spiro atoms. The largest absolute Gasteiger partial charge is 0.473 e. The number of fused-ring (bicyclic) bond motifs is 1. The number of benzene rings is 1. The molecule has 8 nitrogen and oxygen atoms in total. The van der Waals surface area contributed by atoms with Crippen LogP contribution < -0.4 is 9.64 Å². The van der Waals surface area contributed by atoms with Gasteiger partial charge in [-0.1, -0.05) is 6.07 Å². The van der Waals surface area contributed by atoms with Crippen molar-refractivity contribution in [1.82, 2.24) is 19.5 Å². The predicted molar refractivity (Wildman–Crippen MR) is 131 cm³/mol. The third-order valence-corrected chi connectivity index (χ3v) is 6.28. The van der Waals surface area contributed by atoms with Crippen LogP contribution in [0.3, 0.4) is 0 Å². The maximum atomic E-state index is 14.3. The second-order valence-corrected chi connectivity index (χ2v) is 10.5. The van der Waals surface area contributed by atoms with Gasteiger partial charge in [-0.15, -0.1) is 5.10 Å². The lowest BCUT2D eigenvalue weighted by Gasteiger charge is -2.30. The van der Waals surface area contributed by atoms with E-state index in [4.69, 9.17) is 14.6 Å². The number of hydrogen-bond acceptors (Lipinski definition) is 6. The van der Waals surface area contributed by atoms with Gasteiger partial charge in [0.2, 0.25) is 5.88 Å². The smallest absolute Gasteiger partial charge is 0.419 e. The fourth-order valence-electron chi connectivity index (χ4n) is 4.37. The first-order valence-electron chi connectivity index (χ1n) is 12.2. The standard InChI is InChI=1S/C26H32FN5O3/c1-26(2,3)35-25(33)31(19-7-5-6-18(27)14-19)21-15-23(34-20-10-12-30(4)13-11-20)29-32-22(17-8-9-17)16-28-24(21)32/h5-7,14-17,20H,8-13H2,1-4H3. The average Bonchev–Trinajstić information content (AvgIpc) is 3.53. The SMILES string of the molecule is CN1CCC(Oc2cc(N(C(=O)OC(C)(C)C)c3cccc(F)c3)c3ncc(C4CC4)n3n2)CC1. The molecule has 3 heterocycles. The highest BCUT2D eigenvalue weighted by molar-refractivity contribution is 6.00. The minimum atomic E-state index is -0.742. The Bertz CT molecular complexity index is 1230. The van der Waals surface area contributed by atoms with Crippen LogP contribution in [0, 0.1) is 5.82 Å². The molecule has 9 heteroatoms. The molecule has 2 aromatic heterocycles. The predicted octanol–water partition coefficient (Wildman–Crippen LogP) is 5.29. The van der Waals surface area contributed by atoms with Crippen LogP contribution in [0.2, 0.25) is 0 Å². The van der Waals surface area contributed by atoms with Crippen molar-refractivity contribution in [3.8, 4) is 5.88 Å². The van der Waals surface area contributed by atoms with Crippen molar-refractivity contribution in [2.75, 3.05) is 25.0 Å². The van der Waals surface area contributed by atoms with Gasteiger partial charge in [0.1, 0.15) is 23.2 Å². The molecule has 1 aromatic carbocycles. The number of rotatable bonds is 5. The molecule has 1 amide bonds. The summed E-state index contributed by atoms with van der Waals surface area (Å²) in [4.78, 5) is 21.7. The number of halogens is 1. The summed E-state index contributed by atoms with van der Waals surface area (Å²) in [6, 6.07) is 7.60. The third kappa shape index (κ3) is 5.24. The fraction of sp³-hybridized carbons (Fsp3) is 0.500. The minimum absolute atomic E-state index is 0.0287. The van der Waals surface area contributed by atoms with Crippen LogP contribution in [0.25, 0.3) is 5.65 Å². The number of hydrogen-bond donors (Lipinski definition) is 0. The maximum absolute atomic E-state index is 14.3. The summed E-state index contributed by atoms with van der Waals surface area (Å²) in [5.74, 6) is 0.339. The first kappa shape index (κ1) is 23.5. The highest BCUT2D eigenvalue weighted by Gasteiger charge is 2.32. The molecular weight excluding hydrogens is 449 g/mol. The number of likely N-dealkylation sites (tertiary alicyclic amines) is 1. The Morgan fingerprint density at radius 3 is 2.54 bits per heavy atom. The lowest BCUT2D eigenvalue weighted by atomic mass is 10.1. The zero-order valence-corrected chi connectivity index (χ0v) is 20.7. The first-order chi connectivity index (χ1) is 16.7. The number of ether oxygens (including phenoxy) is 2. The number of aromatic nitrogens is 3. The molecule has 0 radical (unpaired) electrons. The van der Waals surface area contributed by atoms with Gasteiger partial charge in [-0.2, -0.15) is 0 Å². The van der Waals surface area contributed by atoms with Crippen LogP contribution >= 0.6 is 0 Å². The highest BCUT2D eigenvalue weighted by atomic mass is 19.1. The monoisotopic (exact) mass is 481 g/mol. The van der Waals surface area contributed by atoms with E-state index >= 15 is 0 Å². The molecule has 1 saturated carbocycles. The highest BCUT2D eigenvalue weighted by Crippen LogP contribution is 2.42. The summed E-state index contributed by atoms with van der Waals surface area (Å²) < 4.78 is 28.1. The van der Waals surface area contributed by atoms with Gasteiger partial charge in [0.25, 0.3) is 0 Å². The lowest BCUT2D eigenvalue weighted by molar-refractivity contribution is 0.0599. The Hall–Kier alpha value is -3.20. The Balaban J connectivity index is 1.62. The molecule has 2 fully saturated rings. The van der Waals surface area contributed by atoms with E-state index in [1.54, 1.807) is 43.5 Å². The van der Waals surface area contributed by atoms with Crippen LogP contribution in [0.5, 0.6) is 5.88 Å². The van der Waals surface area contributed by atoms with Crippen molar-refractivity contribution >= 4 is 23.1 Å². The van der Waals surface area contributed by atoms with Crippen molar-refractivity contribution in [1.29, 1.82) is 0 Å². The van der Waals surface area contributed by atoms with E-state index in [-0.39, 0.29) is 6.10 Å². The van der Waals surface area contributed by atoms with Crippen LogP contribution in [-0.4, -0.2) is 57.4 Å². The van der Waals surface area contributed by atoms with E-state index in [1.165, 1.54) is 17.0 Å². The van der Waals surface area contributed by atoms with Crippen LogP contribution in [0.4, 0.5) is 20.6 Å². The van der Waals surface area contributed by atoms with Crippen molar-refractivity contribution in [3.05, 3.63) is 48.0 Å². The number of carbonyl (C=O) groups excluding carboxylic acids is 1. The Morgan fingerprint density at radius 2 is 1.89 bits per heavy atom. The van der Waals surface area contributed by atoms with Gasteiger partial charge in [-0.3, -0.25) is 0 Å². The molecule has 1 aliphatic heterocycles. The number of amides is 1. The average molecular weight is 482 g/mol. The van der Waals surface area contributed by atoms with E-state index < -0.39 is 17.5 Å². The molecule has 1 aliphatic carbocycles. The van der Waals surface area contributed by atoms with Gasteiger partial charge in [-0.25, -0.2) is 23.6 Å². The van der Waals surface area contributed by atoms with Crippen molar-refractivity contribution < 1.29 is 18.7 Å². The van der Waals surface area contributed by atoms with Crippen LogP contribution in [0.15, 0.2) is 36.5 Å². The number of piperidine rings is 1. The molecule has 3 aromatic rings. The van der Waals surface area contributed by atoms with Crippen molar-refractivity contribution in [3.63, 3.8) is 0 Å². The van der Waals surface area contributed by atoms with Gasteiger partial charge >= 0.3 is 6.09 Å². The van der Waals surface area contributed by atoms with Crippen LogP contribution in [0.1, 0.15) is 58.1 Å². The molecule has 5 rings (SSSR count). The maximum Gasteiger partial charge on any atom is 0.419 e. The van der Waals surface area contributed by atoms with E-state index in [0.717, 1.165) is 44.5 Å². The topological polar surface area (TPSA) is 72.2 Å². The second kappa shape index (κ2) is 9.11. The summed E-state index contributed by atoms with van der Waals surface area (Å²) in [5.41, 5.74) is 1.52. The van der Waals surface area contributed by atoms with Crippen molar-refractivity contribution in [2.24, 2.45) is 0 Å². The molecule has 186 valence electrons. The quantitative estimate of drug-likeness (QED) is 0.493. The number of anilines is 2. The summed E-state index contributed by atoms with van der Waals surface area (Å²) in [5, 5.41) is 4.76. The first-order valence-corrected chi connectivity index (χ1v) is 12.2. The van der Waals surface area contributed by atoms with Gasteiger partial charge in [0.15, 0.2) is 5.65 Å². The molecule has 0 bridgehead atoms. The third-order valence-electron chi connectivity index (χ3n) is 6.28. The zero-order chi connectivity index (χ0) is 24.7. The molecule has 35 heavy (non-hydrogen) atoms. The summed E-state index contributed by atoms with van der Waals surface area (Å²) in [6.07, 6.45) is 5.14. The Kier molecular flexibility index (Phi) is 6.13. The van der Waals surface area contributed by atoms with Gasteiger partial charge in [-0.05, 0) is 71.7 Å². The Morgan fingerprint density at radius 1 is 1.14 bits per heavy atom. The lowest BCUT2D eigenvalue weighted by Crippen LogP contribution is -2.36. The molecule has 0 N–H and O–H groups in total. The molecule has 0 unspecified atom stereocenters. The zero-order valence-electron chi connectivity index (χ0n) is 20.7. The van der Waals surface area contributed by atoms with Gasteiger partial charge < -0.3 is 14.4 Å². The second-order valence-electron chi connectivity index (χ2n) is 10.5. The number of nitrogens with zero attached hydrogens (tertiary/aromatic N) is 5. The van der Waals surface area contributed by atoms with Crippen LogP contribution in [-0.2, 0) is 4.74 Å². The van der Waals surface area contributed by atoms with Gasteiger partial charge in [0, 0.05) is 25.1 Å². The van der Waals surface area contributed by atoms with E-state index in [9.17, 15) is 9.18 Å². The van der Waals surface area contributed by atoms with E-state index in [0.29, 0.717) is 28.8 Å². The summed E-state index contributed by atoms with van der Waals surface area (Å²) >= 11 is 0. The van der Waals surface area contributed by atoms with E-state index in [2.05, 4.69) is 16.9 Å².